The lowest BCUT2D eigenvalue weighted by atomic mass is 9.88. The quantitative estimate of drug-likeness (QED) is 0.375. The number of Topliss-reactive ketones (excluding diaryl/α,β-unsaturated/α-hetero) is 1. The van der Waals surface area contributed by atoms with Crippen LogP contribution in [0.4, 0.5) is 0 Å². The minimum atomic E-state index is 0.0799. The highest BCUT2D eigenvalue weighted by Gasteiger charge is 2.31. The molecule has 1 atom stereocenters. The first kappa shape index (κ1) is 28.3. The van der Waals surface area contributed by atoms with Crippen LogP contribution in [-0.2, 0) is 18.3 Å². The maximum absolute atomic E-state index is 13.5. The predicted molar refractivity (Wildman–Crippen MR) is 160 cm³/mol. The lowest BCUT2D eigenvalue weighted by molar-refractivity contribution is -0.121. The van der Waals surface area contributed by atoms with Crippen molar-refractivity contribution in [2.24, 2.45) is 18.4 Å². The molecule has 1 unspecified atom stereocenters. The molecular formula is C34H44N4O2. The monoisotopic (exact) mass is 540 g/mol. The highest BCUT2D eigenvalue weighted by molar-refractivity contribution is 5.95. The van der Waals surface area contributed by atoms with E-state index >= 15 is 0 Å². The Hall–Kier alpha value is -3.25. The molecule has 0 saturated carbocycles. The van der Waals surface area contributed by atoms with Crippen molar-refractivity contribution < 1.29 is 9.59 Å². The molecule has 2 saturated heterocycles. The third kappa shape index (κ3) is 6.72. The molecule has 1 aromatic heterocycles. The molecule has 6 nitrogen and oxygen atoms in total. The Morgan fingerprint density at radius 3 is 2.33 bits per heavy atom. The summed E-state index contributed by atoms with van der Waals surface area (Å²) in [5.74, 6) is 0.941. The molecule has 2 aliphatic heterocycles. The molecule has 0 aliphatic carbocycles. The number of likely N-dealkylation sites (tertiary alicyclic amines) is 2. The smallest absolute Gasteiger partial charge is 0.253 e. The van der Waals surface area contributed by atoms with Crippen molar-refractivity contribution >= 4 is 11.7 Å². The molecule has 2 fully saturated rings. The van der Waals surface area contributed by atoms with Gasteiger partial charge in [0, 0.05) is 62.9 Å². The minimum Gasteiger partial charge on any atom is -0.339 e. The zero-order valence-electron chi connectivity index (χ0n) is 24.8. The number of ketones is 1. The maximum atomic E-state index is 13.5. The van der Waals surface area contributed by atoms with Crippen LogP contribution in [0.1, 0.15) is 73.0 Å². The zero-order chi connectivity index (χ0) is 28.4. The Kier molecular flexibility index (Phi) is 8.27. The van der Waals surface area contributed by atoms with E-state index in [0.717, 1.165) is 68.7 Å². The number of aromatic nitrogens is 2. The summed E-state index contributed by atoms with van der Waals surface area (Å²) in [5.41, 5.74) is 6.66. The van der Waals surface area contributed by atoms with Crippen molar-refractivity contribution in [3.05, 3.63) is 77.1 Å². The minimum absolute atomic E-state index is 0.0799. The first-order valence-electron chi connectivity index (χ1n) is 14.8. The summed E-state index contributed by atoms with van der Waals surface area (Å²) in [6, 6.07) is 14.7. The van der Waals surface area contributed by atoms with Crippen LogP contribution in [0, 0.1) is 18.3 Å². The van der Waals surface area contributed by atoms with Gasteiger partial charge in [-0.3, -0.25) is 14.3 Å². The molecule has 0 N–H and O–H groups in total. The molecule has 5 rings (SSSR count). The number of rotatable bonds is 7. The summed E-state index contributed by atoms with van der Waals surface area (Å²) >= 11 is 0. The fourth-order valence-electron chi connectivity index (χ4n) is 6.35. The fraction of sp³-hybridized carbons (Fsp3) is 0.500. The number of aryl methyl sites for hydroxylation is 2. The van der Waals surface area contributed by atoms with Gasteiger partial charge >= 0.3 is 0 Å². The van der Waals surface area contributed by atoms with Crippen molar-refractivity contribution in [3.8, 4) is 11.1 Å². The van der Waals surface area contributed by atoms with Crippen LogP contribution in [0.15, 0.2) is 54.9 Å². The average Bonchev–Trinajstić information content (AvgIpc) is 3.58. The summed E-state index contributed by atoms with van der Waals surface area (Å²) in [6.07, 6.45) is 7.19. The number of nitrogens with zero attached hydrogens (tertiary/aromatic N) is 4. The first-order chi connectivity index (χ1) is 19.1. The number of piperidine rings is 1. The third-order valence-corrected chi connectivity index (χ3v) is 8.59. The van der Waals surface area contributed by atoms with Crippen LogP contribution in [0.2, 0.25) is 0 Å². The largest absolute Gasteiger partial charge is 0.339 e. The van der Waals surface area contributed by atoms with Gasteiger partial charge in [-0.25, -0.2) is 0 Å². The van der Waals surface area contributed by atoms with Crippen LogP contribution in [0.25, 0.3) is 11.1 Å². The van der Waals surface area contributed by atoms with Gasteiger partial charge in [-0.2, -0.15) is 5.10 Å². The Labute approximate surface area is 239 Å². The van der Waals surface area contributed by atoms with E-state index in [2.05, 4.69) is 55.0 Å². The molecule has 2 aliphatic rings. The summed E-state index contributed by atoms with van der Waals surface area (Å²) in [7, 11) is 1.93. The zero-order valence-corrected chi connectivity index (χ0v) is 24.8. The van der Waals surface area contributed by atoms with Crippen molar-refractivity contribution in [3.63, 3.8) is 0 Å². The van der Waals surface area contributed by atoms with Gasteiger partial charge in [-0.1, -0.05) is 51.1 Å². The van der Waals surface area contributed by atoms with Crippen molar-refractivity contribution in [2.75, 3.05) is 32.7 Å². The number of hydrogen-bond acceptors (Lipinski definition) is 4. The molecule has 0 spiro atoms. The van der Waals surface area contributed by atoms with Crippen molar-refractivity contribution in [2.45, 2.75) is 59.3 Å². The SMILES string of the molecule is Cc1ccc(C(=O)N2CCC(c3ccc(-c4cnn(C)c4)cc3)CC2)cc1CC(=O)C1CCN(CC(C)(C)C)C1. The number of benzene rings is 2. The van der Waals surface area contributed by atoms with Crippen LogP contribution >= 0.6 is 0 Å². The van der Waals surface area contributed by atoms with Gasteiger partial charge in [-0.15, -0.1) is 0 Å². The summed E-state index contributed by atoms with van der Waals surface area (Å²) in [5, 5.41) is 4.27. The van der Waals surface area contributed by atoms with E-state index in [-0.39, 0.29) is 17.2 Å². The van der Waals surface area contributed by atoms with Crippen LogP contribution in [-0.4, -0.2) is 64.0 Å². The number of carbonyl (C=O) groups excluding carboxylic acids is 2. The van der Waals surface area contributed by atoms with E-state index in [9.17, 15) is 9.59 Å². The van der Waals surface area contributed by atoms with E-state index in [4.69, 9.17) is 0 Å². The van der Waals surface area contributed by atoms with Crippen LogP contribution in [0.3, 0.4) is 0 Å². The predicted octanol–water partition coefficient (Wildman–Crippen LogP) is 5.89. The molecule has 6 heteroatoms. The normalized spacial score (nSPS) is 18.8. The Morgan fingerprint density at radius 2 is 1.68 bits per heavy atom. The topological polar surface area (TPSA) is 58.4 Å². The van der Waals surface area contributed by atoms with E-state index < -0.39 is 0 Å². The Bertz CT molecular complexity index is 1340. The van der Waals surface area contributed by atoms with Gasteiger partial charge in [0.15, 0.2) is 0 Å². The number of hydrogen-bond donors (Lipinski definition) is 0. The molecule has 2 aromatic carbocycles. The summed E-state index contributed by atoms with van der Waals surface area (Å²) in [4.78, 5) is 31.1. The van der Waals surface area contributed by atoms with Gasteiger partial charge in [-0.05, 0) is 78.5 Å². The van der Waals surface area contributed by atoms with Gasteiger partial charge in [0.1, 0.15) is 5.78 Å². The van der Waals surface area contributed by atoms with E-state index in [1.165, 1.54) is 11.1 Å². The summed E-state index contributed by atoms with van der Waals surface area (Å²) in [6.45, 7) is 13.2. The van der Waals surface area contributed by atoms with Crippen LogP contribution in [0.5, 0.6) is 0 Å². The average molecular weight is 541 g/mol. The molecule has 0 bridgehead atoms. The third-order valence-electron chi connectivity index (χ3n) is 8.59. The first-order valence-corrected chi connectivity index (χ1v) is 14.8. The van der Waals surface area contributed by atoms with E-state index in [0.29, 0.717) is 23.7 Å². The Balaban J connectivity index is 1.16. The van der Waals surface area contributed by atoms with Crippen LogP contribution < -0.4 is 0 Å². The van der Waals surface area contributed by atoms with E-state index in [1.807, 2.05) is 54.1 Å². The summed E-state index contributed by atoms with van der Waals surface area (Å²) < 4.78 is 1.82. The highest BCUT2D eigenvalue weighted by Crippen LogP contribution is 2.31. The molecule has 3 aromatic rings. The molecule has 212 valence electrons. The second-order valence-electron chi connectivity index (χ2n) is 13.2. The Morgan fingerprint density at radius 1 is 0.950 bits per heavy atom. The van der Waals surface area contributed by atoms with Gasteiger partial charge in [0.05, 0.1) is 6.20 Å². The molecule has 1 amide bonds. The fourth-order valence-corrected chi connectivity index (χ4v) is 6.35. The molecular weight excluding hydrogens is 496 g/mol. The van der Waals surface area contributed by atoms with Crippen molar-refractivity contribution in [1.82, 2.24) is 19.6 Å². The number of amides is 1. The highest BCUT2D eigenvalue weighted by atomic mass is 16.2. The molecule has 40 heavy (non-hydrogen) atoms. The van der Waals surface area contributed by atoms with E-state index in [1.54, 1.807) is 0 Å². The molecule has 0 radical (unpaired) electrons. The molecule has 3 heterocycles. The lowest BCUT2D eigenvalue weighted by Crippen LogP contribution is -2.38. The lowest BCUT2D eigenvalue weighted by Gasteiger charge is -2.32. The van der Waals surface area contributed by atoms with Gasteiger partial charge in [0.25, 0.3) is 5.91 Å². The maximum Gasteiger partial charge on any atom is 0.253 e. The second-order valence-corrected chi connectivity index (χ2v) is 13.2. The van der Waals surface area contributed by atoms with Crippen molar-refractivity contribution in [1.29, 1.82) is 0 Å². The second kappa shape index (κ2) is 11.7. The van der Waals surface area contributed by atoms with Gasteiger partial charge in [0.2, 0.25) is 0 Å². The standard InChI is InChI=1S/C34H44N4O2/c1-24-6-7-28(18-30(24)19-32(39)29-12-15-37(22-29)23-34(2,3)4)33(40)38-16-13-27(14-17-38)25-8-10-26(11-9-25)31-20-35-36(5)21-31/h6-11,18,20-21,27,29H,12-17,19,22-23H2,1-5H3. The van der Waals surface area contributed by atoms with Gasteiger partial charge < -0.3 is 9.80 Å². The number of carbonyl (C=O) groups is 2.